The Morgan fingerprint density at radius 3 is 2.73 bits per heavy atom. The van der Waals surface area contributed by atoms with E-state index in [0.717, 1.165) is 28.3 Å². The SMILES string of the molecule is COCCCNC(=O)CSc1nc2ccccc2n1-c1ccc(C)cc1. The lowest BCUT2D eigenvalue weighted by atomic mass is 10.2. The van der Waals surface area contributed by atoms with Crippen LogP contribution in [0.1, 0.15) is 12.0 Å². The molecule has 0 fully saturated rings. The van der Waals surface area contributed by atoms with Crippen molar-refractivity contribution in [2.45, 2.75) is 18.5 Å². The van der Waals surface area contributed by atoms with Gasteiger partial charge in [-0.05, 0) is 37.6 Å². The Labute approximate surface area is 157 Å². The molecular weight excluding hydrogens is 346 g/mol. The summed E-state index contributed by atoms with van der Waals surface area (Å²) in [6, 6.07) is 16.4. The topological polar surface area (TPSA) is 56.1 Å². The Hall–Kier alpha value is -2.31. The van der Waals surface area contributed by atoms with Gasteiger partial charge in [0.25, 0.3) is 0 Å². The van der Waals surface area contributed by atoms with E-state index < -0.39 is 0 Å². The first-order chi connectivity index (χ1) is 12.7. The lowest BCUT2D eigenvalue weighted by molar-refractivity contribution is -0.118. The predicted octanol–water partition coefficient (Wildman–Crippen LogP) is 3.58. The number of amides is 1. The van der Waals surface area contributed by atoms with E-state index in [1.165, 1.54) is 17.3 Å². The fourth-order valence-electron chi connectivity index (χ4n) is 2.67. The zero-order valence-electron chi connectivity index (χ0n) is 15.1. The van der Waals surface area contributed by atoms with Crippen molar-refractivity contribution in [3.05, 3.63) is 54.1 Å². The average molecular weight is 369 g/mol. The van der Waals surface area contributed by atoms with Crippen molar-refractivity contribution >= 4 is 28.7 Å². The molecule has 0 aliphatic rings. The van der Waals surface area contributed by atoms with E-state index in [9.17, 15) is 4.79 Å². The molecule has 0 unspecified atom stereocenters. The average Bonchev–Trinajstić information content (AvgIpc) is 3.03. The molecule has 0 radical (unpaired) electrons. The number of carbonyl (C=O) groups excluding carboxylic acids is 1. The maximum atomic E-state index is 12.1. The monoisotopic (exact) mass is 369 g/mol. The number of nitrogens with one attached hydrogen (secondary N) is 1. The first-order valence-electron chi connectivity index (χ1n) is 8.62. The molecule has 1 aromatic heterocycles. The molecule has 26 heavy (non-hydrogen) atoms. The number of aromatic nitrogens is 2. The van der Waals surface area contributed by atoms with Gasteiger partial charge in [-0.15, -0.1) is 0 Å². The van der Waals surface area contributed by atoms with Crippen molar-refractivity contribution < 1.29 is 9.53 Å². The van der Waals surface area contributed by atoms with Gasteiger partial charge in [0.15, 0.2) is 5.16 Å². The van der Waals surface area contributed by atoms with Gasteiger partial charge in [0.05, 0.1) is 16.8 Å². The first kappa shape index (κ1) is 18.5. The summed E-state index contributed by atoms with van der Waals surface area (Å²) < 4.78 is 7.10. The normalized spacial score (nSPS) is 11.0. The highest BCUT2D eigenvalue weighted by Crippen LogP contribution is 2.28. The van der Waals surface area contributed by atoms with Gasteiger partial charge in [0.1, 0.15) is 0 Å². The third-order valence-electron chi connectivity index (χ3n) is 4.00. The van der Waals surface area contributed by atoms with Gasteiger partial charge in [-0.3, -0.25) is 9.36 Å². The lowest BCUT2D eigenvalue weighted by Crippen LogP contribution is -2.26. The van der Waals surface area contributed by atoms with Crippen LogP contribution in [0.3, 0.4) is 0 Å². The second kappa shape index (κ2) is 8.87. The molecule has 136 valence electrons. The van der Waals surface area contributed by atoms with E-state index in [1.54, 1.807) is 7.11 Å². The van der Waals surface area contributed by atoms with Crippen LogP contribution in [-0.2, 0) is 9.53 Å². The third kappa shape index (κ3) is 4.45. The van der Waals surface area contributed by atoms with Crippen LogP contribution in [0.5, 0.6) is 0 Å². The number of hydrogen-bond donors (Lipinski definition) is 1. The summed E-state index contributed by atoms with van der Waals surface area (Å²) in [4.78, 5) is 16.8. The largest absolute Gasteiger partial charge is 0.385 e. The standard InChI is InChI=1S/C20H23N3O2S/c1-15-8-10-16(11-9-15)23-18-7-4-3-6-17(18)22-20(23)26-14-19(24)21-12-5-13-25-2/h3-4,6-11H,5,12-14H2,1-2H3,(H,21,24). The van der Waals surface area contributed by atoms with E-state index in [0.29, 0.717) is 18.9 Å². The molecule has 0 bridgehead atoms. The second-order valence-electron chi connectivity index (χ2n) is 6.04. The van der Waals surface area contributed by atoms with Crippen molar-refractivity contribution in [2.75, 3.05) is 26.0 Å². The Kier molecular flexibility index (Phi) is 6.30. The van der Waals surface area contributed by atoms with Crippen molar-refractivity contribution in [1.82, 2.24) is 14.9 Å². The molecule has 0 atom stereocenters. The van der Waals surface area contributed by atoms with E-state index in [4.69, 9.17) is 9.72 Å². The highest BCUT2D eigenvalue weighted by Gasteiger charge is 2.14. The summed E-state index contributed by atoms with van der Waals surface area (Å²) in [5, 5.41) is 3.73. The Balaban J connectivity index is 1.78. The van der Waals surface area contributed by atoms with Crippen molar-refractivity contribution in [3.8, 4) is 5.69 Å². The number of rotatable bonds is 8. The summed E-state index contributed by atoms with van der Waals surface area (Å²) in [5.74, 6) is 0.343. The Bertz CT molecular complexity index is 874. The zero-order chi connectivity index (χ0) is 18.4. The van der Waals surface area contributed by atoms with Crippen LogP contribution in [0.2, 0.25) is 0 Å². The summed E-state index contributed by atoms with van der Waals surface area (Å²) >= 11 is 1.45. The minimum Gasteiger partial charge on any atom is -0.385 e. The quantitative estimate of drug-likeness (QED) is 0.487. The number of carbonyl (C=O) groups is 1. The maximum Gasteiger partial charge on any atom is 0.230 e. The Morgan fingerprint density at radius 1 is 1.19 bits per heavy atom. The van der Waals surface area contributed by atoms with Crippen molar-refractivity contribution in [1.29, 1.82) is 0 Å². The summed E-state index contributed by atoms with van der Waals surface area (Å²) in [7, 11) is 1.66. The lowest BCUT2D eigenvalue weighted by Gasteiger charge is -2.09. The molecule has 6 heteroatoms. The number of hydrogen-bond acceptors (Lipinski definition) is 4. The summed E-state index contributed by atoms with van der Waals surface area (Å²) in [6.45, 7) is 3.34. The van der Waals surface area contributed by atoms with Crippen LogP contribution in [0.15, 0.2) is 53.7 Å². The van der Waals surface area contributed by atoms with Crippen LogP contribution in [0, 0.1) is 6.92 Å². The molecule has 0 aliphatic carbocycles. The second-order valence-corrected chi connectivity index (χ2v) is 6.98. The number of para-hydroxylation sites is 2. The van der Waals surface area contributed by atoms with Gasteiger partial charge < -0.3 is 10.1 Å². The highest BCUT2D eigenvalue weighted by atomic mass is 32.2. The number of thioether (sulfide) groups is 1. The molecule has 0 saturated heterocycles. The van der Waals surface area contributed by atoms with Crippen LogP contribution in [0.25, 0.3) is 16.7 Å². The van der Waals surface area contributed by atoms with Gasteiger partial charge in [-0.1, -0.05) is 41.6 Å². The summed E-state index contributed by atoms with van der Waals surface area (Å²) in [5.41, 5.74) is 4.23. The Morgan fingerprint density at radius 2 is 1.96 bits per heavy atom. The molecule has 1 amide bonds. The fraction of sp³-hybridized carbons (Fsp3) is 0.300. The highest BCUT2D eigenvalue weighted by molar-refractivity contribution is 7.99. The molecule has 1 N–H and O–H groups in total. The minimum absolute atomic E-state index is 0.00798. The molecule has 1 heterocycles. The van der Waals surface area contributed by atoms with E-state index in [-0.39, 0.29) is 5.91 Å². The molecule has 0 aliphatic heterocycles. The molecule has 0 saturated carbocycles. The number of aryl methyl sites for hydroxylation is 1. The molecule has 3 rings (SSSR count). The molecule has 3 aromatic rings. The molecule has 2 aromatic carbocycles. The van der Waals surface area contributed by atoms with Gasteiger partial charge in [-0.2, -0.15) is 0 Å². The number of nitrogens with zero attached hydrogens (tertiary/aromatic N) is 2. The van der Waals surface area contributed by atoms with Crippen LogP contribution >= 0.6 is 11.8 Å². The number of imidazole rings is 1. The fourth-order valence-corrected chi connectivity index (χ4v) is 3.53. The van der Waals surface area contributed by atoms with Gasteiger partial charge in [0, 0.05) is 25.9 Å². The van der Waals surface area contributed by atoms with Gasteiger partial charge in [0.2, 0.25) is 5.91 Å². The smallest absolute Gasteiger partial charge is 0.230 e. The number of benzene rings is 2. The first-order valence-corrected chi connectivity index (χ1v) is 9.60. The minimum atomic E-state index is 0.00798. The van der Waals surface area contributed by atoms with Gasteiger partial charge in [-0.25, -0.2) is 4.98 Å². The summed E-state index contributed by atoms with van der Waals surface area (Å²) in [6.07, 6.45) is 0.814. The number of ether oxygens (including phenoxy) is 1. The van der Waals surface area contributed by atoms with E-state index in [1.807, 2.05) is 18.2 Å². The number of fused-ring (bicyclic) bond motifs is 1. The molecule has 5 nitrogen and oxygen atoms in total. The van der Waals surface area contributed by atoms with Crippen LogP contribution in [-0.4, -0.2) is 41.5 Å². The van der Waals surface area contributed by atoms with Crippen molar-refractivity contribution in [2.24, 2.45) is 0 Å². The molecular formula is C20H23N3O2S. The van der Waals surface area contributed by atoms with Crippen LogP contribution in [0.4, 0.5) is 0 Å². The molecule has 0 spiro atoms. The number of methoxy groups -OCH3 is 1. The van der Waals surface area contributed by atoms with Crippen LogP contribution < -0.4 is 5.32 Å². The maximum absolute atomic E-state index is 12.1. The predicted molar refractivity (Wildman–Crippen MR) is 106 cm³/mol. The van der Waals surface area contributed by atoms with Gasteiger partial charge >= 0.3 is 0 Å². The van der Waals surface area contributed by atoms with E-state index in [2.05, 4.69) is 47.1 Å². The zero-order valence-corrected chi connectivity index (χ0v) is 15.9. The third-order valence-corrected chi connectivity index (χ3v) is 4.94. The van der Waals surface area contributed by atoms with E-state index >= 15 is 0 Å². The van der Waals surface area contributed by atoms with Crippen molar-refractivity contribution in [3.63, 3.8) is 0 Å².